The van der Waals surface area contributed by atoms with Gasteiger partial charge in [0.05, 0.1) is 5.92 Å². The van der Waals surface area contributed by atoms with Crippen molar-refractivity contribution in [3.8, 4) is 0 Å². The quantitative estimate of drug-likeness (QED) is 0.787. The van der Waals surface area contributed by atoms with Crippen molar-refractivity contribution in [1.82, 2.24) is 9.80 Å². The van der Waals surface area contributed by atoms with E-state index in [1.165, 1.54) is 4.90 Å². The van der Waals surface area contributed by atoms with Gasteiger partial charge in [0.15, 0.2) is 0 Å². The van der Waals surface area contributed by atoms with E-state index in [9.17, 15) is 9.59 Å². The largest absolute Gasteiger partial charge is 0.481 e. The predicted octanol–water partition coefficient (Wildman–Crippen LogP) is 1.10. The molecule has 0 aromatic heterocycles. The van der Waals surface area contributed by atoms with Crippen molar-refractivity contribution in [1.29, 1.82) is 0 Å². The first-order valence-electron chi connectivity index (χ1n) is 5.64. The van der Waals surface area contributed by atoms with Crippen molar-refractivity contribution in [3.05, 3.63) is 0 Å². The summed E-state index contributed by atoms with van der Waals surface area (Å²) in [5.74, 6) is -0.835. The molecule has 5 nitrogen and oxygen atoms in total. The van der Waals surface area contributed by atoms with Crippen LogP contribution in [0.3, 0.4) is 0 Å². The van der Waals surface area contributed by atoms with Crippen LogP contribution < -0.4 is 0 Å². The lowest BCUT2D eigenvalue weighted by atomic mass is 10.2. The maximum Gasteiger partial charge on any atom is 0.319 e. The molecule has 0 aromatic carbocycles. The molecule has 0 radical (unpaired) electrons. The monoisotopic (exact) mass is 228 g/mol. The van der Waals surface area contributed by atoms with E-state index in [4.69, 9.17) is 5.11 Å². The summed E-state index contributed by atoms with van der Waals surface area (Å²) in [5, 5.41) is 8.77. The van der Waals surface area contributed by atoms with Crippen LogP contribution in [0.4, 0.5) is 4.79 Å². The summed E-state index contributed by atoms with van der Waals surface area (Å²) in [6.07, 6.45) is 1.04. The molecule has 92 valence electrons. The minimum Gasteiger partial charge on any atom is -0.481 e. The van der Waals surface area contributed by atoms with Crippen LogP contribution in [0.15, 0.2) is 0 Å². The third-order valence-corrected chi connectivity index (χ3v) is 2.99. The van der Waals surface area contributed by atoms with Gasteiger partial charge in [0, 0.05) is 26.7 Å². The van der Waals surface area contributed by atoms with Crippen LogP contribution in [-0.4, -0.2) is 53.6 Å². The lowest BCUT2D eigenvalue weighted by Gasteiger charge is -2.25. The molecule has 1 N–H and O–H groups in total. The molecule has 1 fully saturated rings. The van der Waals surface area contributed by atoms with E-state index in [1.807, 2.05) is 0 Å². The average Bonchev–Trinajstić information content (AvgIpc) is 2.63. The Morgan fingerprint density at radius 1 is 1.56 bits per heavy atom. The van der Waals surface area contributed by atoms with E-state index in [2.05, 4.69) is 6.92 Å². The van der Waals surface area contributed by atoms with E-state index in [0.29, 0.717) is 5.92 Å². The van der Waals surface area contributed by atoms with Crippen molar-refractivity contribution in [3.63, 3.8) is 0 Å². The molecule has 1 saturated heterocycles. The number of amides is 2. The standard InChI is InChI=1S/C11H20N2O3/c1-8-4-5-13(6-8)11(16)12(3)7-9(2)10(14)15/h8-9H,4-7H2,1-3H3,(H,14,15). The number of aliphatic carboxylic acids is 1. The molecular weight excluding hydrogens is 208 g/mol. The Morgan fingerprint density at radius 3 is 2.62 bits per heavy atom. The SMILES string of the molecule is CC1CCN(C(=O)N(C)CC(C)C(=O)O)C1. The van der Waals surface area contributed by atoms with Crippen molar-refractivity contribution in [2.45, 2.75) is 20.3 Å². The maximum atomic E-state index is 11.9. The first-order chi connectivity index (χ1) is 7.41. The molecule has 2 amide bonds. The highest BCUT2D eigenvalue weighted by atomic mass is 16.4. The van der Waals surface area contributed by atoms with Crippen LogP contribution >= 0.6 is 0 Å². The fraction of sp³-hybridized carbons (Fsp3) is 0.818. The summed E-state index contributed by atoms with van der Waals surface area (Å²) >= 11 is 0. The lowest BCUT2D eigenvalue weighted by Crippen LogP contribution is -2.42. The van der Waals surface area contributed by atoms with Gasteiger partial charge in [-0.05, 0) is 12.3 Å². The highest BCUT2D eigenvalue weighted by molar-refractivity contribution is 5.76. The second kappa shape index (κ2) is 5.18. The highest BCUT2D eigenvalue weighted by Crippen LogP contribution is 2.16. The van der Waals surface area contributed by atoms with Gasteiger partial charge >= 0.3 is 12.0 Å². The van der Waals surface area contributed by atoms with Crippen molar-refractivity contribution in [2.75, 3.05) is 26.7 Å². The molecule has 16 heavy (non-hydrogen) atoms. The summed E-state index contributed by atoms with van der Waals surface area (Å²) in [4.78, 5) is 25.9. The molecule has 2 unspecified atom stereocenters. The van der Waals surface area contributed by atoms with Crippen LogP contribution in [-0.2, 0) is 4.79 Å². The molecule has 0 spiro atoms. The second-order valence-corrected chi connectivity index (χ2v) is 4.74. The van der Waals surface area contributed by atoms with Crippen LogP contribution in [0, 0.1) is 11.8 Å². The minimum atomic E-state index is -0.866. The summed E-state index contributed by atoms with van der Waals surface area (Å²) in [6.45, 7) is 5.56. The molecule has 1 rings (SSSR count). The van der Waals surface area contributed by atoms with Gasteiger partial charge in [-0.1, -0.05) is 13.8 Å². The normalized spacial score (nSPS) is 21.9. The third-order valence-electron chi connectivity index (χ3n) is 2.99. The summed E-state index contributed by atoms with van der Waals surface area (Å²) in [7, 11) is 1.66. The zero-order valence-corrected chi connectivity index (χ0v) is 10.1. The number of rotatable bonds is 3. The van der Waals surface area contributed by atoms with Gasteiger partial charge in [0.25, 0.3) is 0 Å². The van der Waals surface area contributed by atoms with E-state index in [1.54, 1.807) is 18.9 Å². The zero-order valence-electron chi connectivity index (χ0n) is 10.1. The van der Waals surface area contributed by atoms with Gasteiger partial charge in [-0.15, -0.1) is 0 Å². The highest BCUT2D eigenvalue weighted by Gasteiger charge is 2.26. The van der Waals surface area contributed by atoms with E-state index in [0.717, 1.165) is 19.5 Å². The first kappa shape index (κ1) is 12.8. The molecular formula is C11H20N2O3. The Morgan fingerprint density at radius 2 is 2.19 bits per heavy atom. The number of hydrogen-bond acceptors (Lipinski definition) is 2. The van der Waals surface area contributed by atoms with Crippen LogP contribution in [0.1, 0.15) is 20.3 Å². The second-order valence-electron chi connectivity index (χ2n) is 4.74. The number of carbonyl (C=O) groups is 2. The van der Waals surface area contributed by atoms with E-state index in [-0.39, 0.29) is 12.6 Å². The molecule has 2 atom stereocenters. The average molecular weight is 228 g/mol. The van der Waals surface area contributed by atoms with Crippen molar-refractivity contribution in [2.24, 2.45) is 11.8 Å². The summed E-state index contributed by atoms with van der Waals surface area (Å²) < 4.78 is 0. The van der Waals surface area contributed by atoms with Crippen molar-refractivity contribution >= 4 is 12.0 Å². The Balaban J connectivity index is 2.44. The van der Waals surface area contributed by atoms with Gasteiger partial charge in [-0.3, -0.25) is 4.79 Å². The molecule has 0 aliphatic carbocycles. The maximum absolute atomic E-state index is 11.9. The number of carboxylic acid groups (broad SMARTS) is 1. The molecule has 1 aliphatic rings. The number of hydrogen-bond donors (Lipinski definition) is 1. The lowest BCUT2D eigenvalue weighted by molar-refractivity contribution is -0.141. The number of carboxylic acids is 1. The number of carbonyl (C=O) groups excluding carboxylic acids is 1. The van der Waals surface area contributed by atoms with E-state index < -0.39 is 11.9 Å². The predicted molar refractivity (Wildman–Crippen MR) is 60.2 cm³/mol. The van der Waals surface area contributed by atoms with Gasteiger partial charge < -0.3 is 14.9 Å². The molecule has 0 bridgehead atoms. The molecule has 0 aromatic rings. The Hall–Kier alpha value is -1.26. The van der Waals surface area contributed by atoms with Crippen LogP contribution in [0.5, 0.6) is 0 Å². The molecule has 1 aliphatic heterocycles. The van der Waals surface area contributed by atoms with Gasteiger partial charge in [0.1, 0.15) is 0 Å². The number of nitrogens with zero attached hydrogens (tertiary/aromatic N) is 2. The van der Waals surface area contributed by atoms with Gasteiger partial charge in [0.2, 0.25) is 0 Å². The van der Waals surface area contributed by atoms with E-state index >= 15 is 0 Å². The fourth-order valence-corrected chi connectivity index (χ4v) is 1.92. The molecule has 0 saturated carbocycles. The van der Waals surface area contributed by atoms with Crippen LogP contribution in [0.2, 0.25) is 0 Å². The Bertz CT molecular complexity index is 280. The smallest absolute Gasteiger partial charge is 0.319 e. The number of likely N-dealkylation sites (tertiary alicyclic amines) is 1. The summed E-state index contributed by atoms with van der Waals surface area (Å²) in [5.41, 5.74) is 0. The van der Waals surface area contributed by atoms with Crippen LogP contribution in [0.25, 0.3) is 0 Å². The topological polar surface area (TPSA) is 60.9 Å². The van der Waals surface area contributed by atoms with Gasteiger partial charge in [-0.2, -0.15) is 0 Å². The number of urea groups is 1. The summed E-state index contributed by atoms with van der Waals surface area (Å²) in [6, 6.07) is -0.0579. The minimum absolute atomic E-state index is 0.0579. The zero-order chi connectivity index (χ0) is 12.3. The fourth-order valence-electron chi connectivity index (χ4n) is 1.92. The third kappa shape index (κ3) is 3.12. The Labute approximate surface area is 96.0 Å². The molecule has 1 heterocycles. The van der Waals surface area contributed by atoms with Gasteiger partial charge in [-0.25, -0.2) is 4.79 Å². The van der Waals surface area contributed by atoms with Crippen molar-refractivity contribution < 1.29 is 14.7 Å². The molecule has 5 heteroatoms. The Kier molecular flexibility index (Phi) is 4.15. The first-order valence-corrected chi connectivity index (χ1v) is 5.64.